The Morgan fingerprint density at radius 1 is 1.25 bits per heavy atom. The van der Waals surface area contributed by atoms with Crippen LogP contribution in [-0.4, -0.2) is 27.0 Å². The van der Waals surface area contributed by atoms with Crippen molar-refractivity contribution in [1.29, 1.82) is 0 Å². The van der Waals surface area contributed by atoms with E-state index in [4.69, 9.17) is 4.74 Å². The summed E-state index contributed by atoms with van der Waals surface area (Å²) < 4.78 is 7.24. The summed E-state index contributed by atoms with van der Waals surface area (Å²) in [7, 11) is 0. The molecule has 1 unspecified atom stereocenters. The minimum Gasteiger partial charge on any atom is -0.494 e. The molecule has 8 heteroatoms. The number of hydrogen-bond acceptors (Lipinski definition) is 6. The highest BCUT2D eigenvalue weighted by molar-refractivity contribution is 7.25. The molecule has 0 aliphatic heterocycles. The summed E-state index contributed by atoms with van der Waals surface area (Å²) in [6.45, 7) is 4.16. The second-order valence-corrected chi connectivity index (χ2v) is 7.21. The van der Waals surface area contributed by atoms with Gasteiger partial charge in [-0.15, -0.1) is 11.3 Å². The third-order valence-corrected chi connectivity index (χ3v) is 5.50. The average molecular weight is 394 g/mol. The number of pyridine rings is 1. The molecule has 4 aromatic rings. The normalized spacial score (nSPS) is 12.2. The number of fused-ring (bicyclic) bond motifs is 3. The molecular weight excluding hydrogens is 376 g/mol. The van der Waals surface area contributed by atoms with E-state index in [0.29, 0.717) is 22.5 Å². The van der Waals surface area contributed by atoms with Crippen molar-refractivity contribution in [2.45, 2.75) is 19.9 Å². The van der Waals surface area contributed by atoms with Crippen LogP contribution in [0.5, 0.6) is 5.75 Å². The predicted octanol–water partition coefficient (Wildman–Crippen LogP) is 3.60. The van der Waals surface area contributed by atoms with Gasteiger partial charge in [0.05, 0.1) is 18.5 Å². The number of carbonyl (C=O) groups excluding carboxylic acids is 1. The van der Waals surface area contributed by atoms with Gasteiger partial charge in [0.15, 0.2) is 0 Å². The van der Waals surface area contributed by atoms with E-state index in [-0.39, 0.29) is 11.5 Å². The molecule has 3 aromatic heterocycles. The number of anilines is 1. The summed E-state index contributed by atoms with van der Waals surface area (Å²) in [5, 5.41) is 3.67. The van der Waals surface area contributed by atoms with Crippen molar-refractivity contribution in [3.63, 3.8) is 0 Å². The standard InChI is InChI=1S/C20H18N4O3S/c1-3-27-14-8-6-13(7-9-14)23-18(25)12(2)24-11-22-16-15-5-4-10-21-19(15)28-17(16)20(24)26/h4-12H,3H2,1-2H3,(H,23,25). The van der Waals surface area contributed by atoms with Gasteiger partial charge in [-0.05, 0) is 50.2 Å². The van der Waals surface area contributed by atoms with Crippen LogP contribution in [0.1, 0.15) is 19.9 Å². The molecule has 28 heavy (non-hydrogen) atoms. The van der Waals surface area contributed by atoms with Crippen molar-refractivity contribution in [3.8, 4) is 5.75 Å². The van der Waals surface area contributed by atoms with Crippen LogP contribution >= 0.6 is 11.3 Å². The van der Waals surface area contributed by atoms with Crippen molar-refractivity contribution >= 4 is 43.4 Å². The summed E-state index contributed by atoms with van der Waals surface area (Å²) in [4.78, 5) is 35.0. The molecule has 1 N–H and O–H groups in total. The first-order valence-corrected chi connectivity index (χ1v) is 9.68. The lowest BCUT2D eigenvalue weighted by atomic mass is 10.2. The zero-order valence-corrected chi connectivity index (χ0v) is 16.2. The number of amides is 1. The first kappa shape index (κ1) is 18.1. The number of aromatic nitrogens is 3. The SMILES string of the molecule is CCOc1ccc(NC(=O)C(C)n2cnc3c(sc4ncccc43)c2=O)cc1. The highest BCUT2D eigenvalue weighted by atomic mass is 32.1. The fourth-order valence-electron chi connectivity index (χ4n) is 2.93. The molecule has 0 radical (unpaired) electrons. The minimum absolute atomic E-state index is 0.248. The molecule has 4 rings (SSSR count). The van der Waals surface area contributed by atoms with Crippen molar-refractivity contribution in [2.75, 3.05) is 11.9 Å². The molecule has 0 spiro atoms. The summed E-state index contributed by atoms with van der Waals surface area (Å²) in [6.07, 6.45) is 3.11. The molecule has 3 heterocycles. The highest BCUT2D eigenvalue weighted by Crippen LogP contribution is 2.28. The van der Waals surface area contributed by atoms with E-state index in [1.54, 1.807) is 37.4 Å². The van der Waals surface area contributed by atoms with Gasteiger partial charge in [-0.25, -0.2) is 9.97 Å². The van der Waals surface area contributed by atoms with Gasteiger partial charge in [-0.1, -0.05) is 0 Å². The van der Waals surface area contributed by atoms with Gasteiger partial charge >= 0.3 is 0 Å². The summed E-state index contributed by atoms with van der Waals surface area (Å²) in [5.74, 6) is 0.435. The van der Waals surface area contributed by atoms with Gasteiger partial charge in [0, 0.05) is 17.3 Å². The number of ether oxygens (including phenoxy) is 1. The largest absolute Gasteiger partial charge is 0.494 e. The second-order valence-electron chi connectivity index (χ2n) is 6.22. The van der Waals surface area contributed by atoms with Gasteiger partial charge in [0.2, 0.25) is 5.91 Å². The maximum atomic E-state index is 12.9. The third-order valence-electron chi connectivity index (χ3n) is 4.41. The first-order chi connectivity index (χ1) is 13.6. The lowest BCUT2D eigenvalue weighted by molar-refractivity contribution is -0.118. The van der Waals surface area contributed by atoms with Crippen LogP contribution in [0, 0.1) is 0 Å². The maximum Gasteiger partial charge on any atom is 0.272 e. The van der Waals surface area contributed by atoms with Gasteiger partial charge in [-0.2, -0.15) is 0 Å². The molecule has 0 bridgehead atoms. The van der Waals surface area contributed by atoms with Crippen LogP contribution in [0.4, 0.5) is 5.69 Å². The zero-order chi connectivity index (χ0) is 19.7. The lowest BCUT2D eigenvalue weighted by Gasteiger charge is -2.15. The highest BCUT2D eigenvalue weighted by Gasteiger charge is 2.20. The Labute approximate surface area is 164 Å². The minimum atomic E-state index is -0.714. The number of carbonyl (C=O) groups is 1. The smallest absolute Gasteiger partial charge is 0.272 e. The van der Waals surface area contributed by atoms with Crippen molar-refractivity contribution in [1.82, 2.24) is 14.5 Å². The molecule has 1 amide bonds. The van der Waals surface area contributed by atoms with E-state index in [1.165, 1.54) is 22.2 Å². The Hall–Kier alpha value is -3.26. The van der Waals surface area contributed by atoms with E-state index in [2.05, 4.69) is 15.3 Å². The van der Waals surface area contributed by atoms with Crippen molar-refractivity contribution < 1.29 is 9.53 Å². The summed E-state index contributed by atoms with van der Waals surface area (Å²) in [5.41, 5.74) is 1.00. The molecule has 142 valence electrons. The fourth-order valence-corrected chi connectivity index (χ4v) is 3.97. The van der Waals surface area contributed by atoms with Crippen LogP contribution in [0.15, 0.2) is 53.7 Å². The van der Waals surface area contributed by atoms with Crippen LogP contribution in [0.3, 0.4) is 0 Å². The quantitative estimate of drug-likeness (QED) is 0.559. The molecule has 1 atom stereocenters. The van der Waals surface area contributed by atoms with Crippen LogP contribution in [-0.2, 0) is 4.79 Å². The lowest BCUT2D eigenvalue weighted by Crippen LogP contribution is -2.31. The molecule has 0 fully saturated rings. The predicted molar refractivity (Wildman–Crippen MR) is 110 cm³/mol. The Bertz CT molecular complexity index is 1210. The van der Waals surface area contributed by atoms with Gasteiger partial charge < -0.3 is 10.1 Å². The number of nitrogens with zero attached hydrogens (tertiary/aromatic N) is 3. The van der Waals surface area contributed by atoms with Gasteiger partial charge in [0.1, 0.15) is 21.3 Å². The maximum absolute atomic E-state index is 12.9. The monoisotopic (exact) mass is 394 g/mol. The van der Waals surface area contributed by atoms with E-state index in [0.717, 1.165) is 16.0 Å². The average Bonchev–Trinajstić information content (AvgIpc) is 3.09. The number of benzene rings is 1. The molecule has 7 nitrogen and oxygen atoms in total. The molecule has 0 saturated carbocycles. The number of nitrogens with one attached hydrogen (secondary N) is 1. The topological polar surface area (TPSA) is 86.1 Å². The molecule has 0 aliphatic carbocycles. The fraction of sp³-hybridized carbons (Fsp3) is 0.200. The van der Waals surface area contributed by atoms with Crippen molar-refractivity contribution in [3.05, 3.63) is 59.3 Å². The van der Waals surface area contributed by atoms with Crippen molar-refractivity contribution in [2.24, 2.45) is 0 Å². The summed E-state index contributed by atoms with van der Waals surface area (Å²) in [6, 6.07) is 10.1. The van der Waals surface area contributed by atoms with E-state index >= 15 is 0 Å². The third kappa shape index (κ3) is 3.22. The molecular formula is C20H18N4O3S. The first-order valence-electron chi connectivity index (χ1n) is 8.86. The Morgan fingerprint density at radius 3 is 2.79 bits per heavy atom. The Morgan fingerprint density at radius 2 is 2.04 bits per heavy atom. The number of hydrogen-bond donors (Lipinski definition) is 1. The van der Waals surface area contributed by atoms with Crippen LogP contribution < -0.4 is 15.6 Å². The van der Waals surface area contributed by atoms with Gasteiger partial charge in [0.25, 0.3) is 5.56 Å². The Balaban J connectivity index is 1.61. The van der Waals surface area contributed by atoms with Crippen LogP contribution in [0.25, 0.3) is 20.4 Å². The van der Waals surface area contributed by atoms with Gasteiger partial charge in [-0.3, -0.25) is 14.2 Å². The molecule has 0 aliphatic rings. The Kier molecular flexibility index (Phi) is 4.79. The number of thiophene rings is 1. The second kappa shape index (κ2) is 7.40. The van der Waals surface area contributed by atoms with E-state index < -0.39 is 6.04 Å². The zero-order valence-electron chi connectivity index (χ0n) is 15.4. The molecule has 0 saturated heterocycles. The van der Waals surface area contributed by atoms with Crippen LogP contribution in [0.2, 0.25) is 0 Å². The molecule has 1 aromatic carbocycles. The number of rotatable bonds is 5. The van der Waals surface area contributed by atoms with E-state index in [1.807, 2.05) is 19.1 Å². The summed E-state index contributed by atoms with van der Waals surface area (Å²) >= 11 is 1.29. The van der Waals surface area contributed by atoms with E-state index in [9.17, 15) is 9.59 Å².